The minimum Gasteiger partial charge on any atom is -0.481 e. The summed E-state index contributed by atoms with van der Waals surface area (Å²) in [5.74, 6) is -0.755. The first-order chi connectivity index (χ1) is 6.97. The van der Waals surface area contributed by atoms with E-state index < -0.39 is 5.97 Å². The van der Waals surface area contributed by atoms with Crippen molar-refractivity contribution in [1.29, 1.82) is 0 Å². The van der Waals surface area contributed by atoms with Gasteiger partial charge in [-0.15, -0.1) is 0 Å². The Morgan fingerprint density at radius 2 is 1.93 bits per heavy atom. The third-order valence-corrected chi connectivity index (χ3v) is 3.35. The molecule has 1 heterocycles. The molecule has 1 amide bonds. The van der Waals surface area contributed by atoms with Crippen LogP contribution in [-0.2, 0) is 9.59 Å². The van der Waals surface area contributed by atoms with Crippen molar-refractivity contribution in [3.8, 4) is 0 Å². The van der Waals surface area contributed by atoms with E-state index in [-0.39, 0.29) is 23.7 Å². The highest BCUT2D eigenvalue weighted by Gasteiger charge is 2.37. The van der Waals surface area contributed by atoms with Crippen molar-refractivity contribution in [2.45, 2.75) is 27.2 Å². The van der Waals surface area contributed by atoms with Gasteiger partial charge in [0.1, 0.15) is 0 Å². The van der Waals surface area contributed by atoms with E-state index >= 15 is 0 Å². The van der Waals surface area contributed by atoms with Crippen LogP contribution in [0.1, 0.15) is 27.2 Å². The molecule has 2 unspecified atom stereocenters. The molecule has 1 rings (SSSR count). The number of hydrogen-bond donors (Lipinski definition) is 1. The molecule has 1 N–H and O–H groups in total. The molecule has 86 valence electrons. The molecule has 0 aromatic carbocycles. The lowest BCUT2D eigenvalue weighted by atomic mass is 9.86. The van der Waals surface area contributed by atoms with Crippen LogP contribution in [0.3, 0.4) is 0 Å². The summed E-state index contributed by atoms with van der Waals surface area (Å²) in [5, 5.41) is 8.79. The first-order valence-electron chi connectivity index (χ1n) is 5.49. The second kappa shape index (κ2) is 4.64. The van der Waals surface area contributed by atoms with Gasteiger partial charge in [-0.2, -0.15) is 0 Å². The fourth-order valence-corrected chi connectivity index (χ4v) is 1.70. The van der Waals surface area contributed by atoms with Crippen molar-refractivity contribution in [2.75, 3.05) is 13.1 Å². The third-order valence-electron chi connectivity index (χ3n) is 3.35. The Kier molecular flexibility index (Phi) is 3.72. The molecule has 1 fully saturated rings. The lowest BCUT2D eigenvalue weighted by Crippen LogP contribution is -2.54. The fourth-order valence-electron chi connectivity index (χ4n) is 1.70. The number of carboxylic acid groups (broad SMARTS) is 1. The highest BCUT2D eigenvalue weighted by Crippen LogP contribution is 2.25. The Bertz CT molecular complexity index is 259. The smallest absolute Gasteiger partial charge is 0.306 e. The number of carbonyl (C=O) groups excluding carboxylic acids is 1. The number of carbonyl (C=O) groups is 2. The number of amides is 1. The Balaban J connectivity index is 2.37. The van der Waals surface area contributed by atoms with E-state index in [0.29, 0.717) is 13.1 Å². The molecule has 0 aliphatic carbocycles. The SMILES string of the molecule is CCC(C)C(=O)N1CC(C(C)C(=O)O)C1. The Morgan fingerprint density at radius 3 is 2.33 bits per heavy atom. The maximum Gasteiger partial charge on any atom is 0.306 e. The third kappa shape index (κ3) is 2.49. The van der Waals surface area contributed by atoms with E-state index in [1.165, 1.54) is 0 Å². The molecule has 1 aliphatic heterocycles. The van der Waals surface area contributed by atoms with Gasteiger partial charge < -0.3 is 10.0 Å². The van der Waals surface area contributed by atoms with Gasteiger partial charge in [-0.1, -0.05) is 20.8 Å². The summed E-state index contributed by atoms with van der Waals surface area (Å²) < 4.78 is 0. The van der Waals surface area contributed by atoms with Gasteiger partial charge in [0, 0.05) is 24.9 Å². The van der Waals surface area contributed by atoms with Crippen LogP contribution in [0, 0.1) is 17.8 Å². The number of aliphatic carboxylic acids is 1. The predicted octanol–water partition coefficient (Wildman–Crippen LogP) is 1.21. The van der Waals surface area contributed by atoms with Gasteiger partial charge >= 0.3 is 5.97 Å². The average Bonchev–Trinajstić information content (AvgIpc) is 2.13. The lowest BCUT2D eigenvalue weighted by molar-refractivity contribution is -0.152. The molecule has 15 heavy (non-hydrogen) atoms. The van der Waals surface area contributed by atoms with Crippen LogP contribution in [0.15, 0.2) is 0 Å². The van der Waals surface area contributed by atoms with Crippen LogP contribution in [-0.4, -0.2) is 35.0 Å². The molecular formula is C11H19NO3. The maximum atomic E-state index is 11.7. The second-order valence-electron chi connectivity index (χ2n) is 4.44. The van der Waals surface area contributed by atoms with Gasteiger partial charge in [0.05, 0.1) is 5.92 Å². The monoisotopic (exact) mass is 213 g/mol. The van der Waals surface area contributed by atoms with Crippen LogP contribution < -0.4 is 0 Å². The molecule has 0 aromatic rings. The first-order valence-corrected chi connectivity index (χ1v) is 5.49. The fraction of sp³-hybridized carbons (Fsp3) is 0.818. The van der Waals surface area contributed by atoms with Crippen LogP contribution >= 0.6 is 0 Å². The normalized spacial score (nSPS) is 20.6. The van der Waals surface area contributed by atoms with Gasteiger partial charge in [0.2, 0.25) is 5.91 Å². The molecular weight excluding hydrogens is 194 g/mol. The van der Waals surface area contributed by atoms with Crippen LogP contribution in [0.25, 0.3) is 0 Å². The summed E-state index contributed by atoms with van der Waals surface area (Å²) >= 11 is 0. The Morgan fingerprint density at radius 1 is 1.40 bits per heavy atom. The lowest BCUT2D eigenvalue weighted by Gasteiger charge is -2.42. The number of carboxylic acids is 1. The molecule has 0 aromatic heterocycles. The number of likely N-dealkylation sites (tertiary alicyclic amines) is 1. The van der Waals surface area contributed by atoms with E-state index in [4.69, 9.17) is 5.11 Å². The molecule has 0 radical (unpaired) electrons. The largest absolute Gasteiger partial charge is 0.481 e. The second-order valence-corrected chi connectivity index (χ2v) is 4.44. The van der Waals surface area contributed by atoms with E-state index in [1.807, 2.05) is 13.8 Å². The van der Waals surface area contributed by atoms with Crippen molar-refractivity contribution < 1.29 is 14.7 Å². The summed E-state index contributed by atoms with van der Waals surface area (Å²) in [6, 6.07) is 0. The zero-order chi connectivity index (χ0) is 11.6. The van der Waals surface area contributed by atoms with E-state index in [9.17, 15) is 9.59 Å². The van der Waals surface area contributed by atoms with Crippen LogP contribution in [0.5, 0.6) is 0 Å². The van der Waals surface area contributed by atoms with Crippen molar-refractivity contribution in [1.82, 2.24) is 4.90 Å². The first kappa shape index (κ1) is 12.0. The summed E-state index contributed by atoms with van der Waals surface area (Å²) in [4.78, 5) is 24.1. The average molecular weight is 213 g/mol. The van der Waals surface area contributed by atoms with Gasteiger partial charge in [0.25, 0.3) is 0 Å². The number of nitrogens with zero attached hydrogens (tertiary/aromatic N) is 1. The zero-order valence-corrected chi connectivity index (χ0v) is 9.56. The molecule has 4 heteroatoms. The summed E-state index contributed by atoms with van der Waals surface area (Å²) in [6.45, 7) is 6.82. The van der Waals surface area contributed by atoms with E-state index in [0.717, 1.165) is 6.42 Å². The van der Waals surface area contributed by atoms with Gasteiger partial charge in [-0.05, 0) is 6.42 Å². The van der Waals surface area contributed by atoms with Gasteiger partial charge in [0.15, 0.2) is 0 Å². The molecule has 0 saturated carbocycles. The predicted molar refractivity (Wildman–Crippen MR) is 56.3 cm³/mol. The zero-order valence-electron chi connectivity index (χ0n) is 9.56. The molecule has 4 nitrogen and oxygen atoms in total. The molecule has 0 spiro atoms. The van der Waals surface area contributed by atoms with Crippen molar-refractivity contribution in [2.24, 2.45) is 17.8 Å². The van der Waals surface area contributed by atoms with Crippen molar-refractivity contribution >= 4 is 11.9 Å². The maximum absolute atomic E-state index is 11.7. The van der Waals surface area contributed by atoms with Crippen molar-refractivity contribution in [3.05, 3.63) is 0 Å². The van der Waals surface area contributed by atoms with E-state index in [2.05, 4.69) is 0 Å². The quantitative estimate of drug-likeness (QED) is 0.763. The highest BCUT2D eigenvalue weighted by atomic mass is 16.4. The standard InChI is InChI=1S/C11H19NO3/c1-4-7(2)10(13)12-5-9(6-12)8(3)11(14)15/h7-9H,4-6H2,1-3H3,(H,14,15). The molecule has 1 saturated heterocycles. The van der Waals surface area contributed by atoms with Crippen LogP contribution in [0.4, 0.5) is 0 Å². The molecule has 2 atom stereocenters. The Labute approximate surface area is 90.3 Å². The summed E-state index contributed by atoms with van der Waals surface area (Å²) in [6.07, 6.45) is 0.842. The summed E-state index contributed by atoms with van der Waals surface area (Å²) in [5.41, 5.74) is 0. The van der Waals surface area contributed by atoms with Gasteiger partial charge in [-0.3, -0.25) is 9.59 Å². The minimum atomic E-state index is -0.768. The number of rotatable bonds is 4. The Hall–Kier alpha value is -1.06. The molecule has 0 bridgehead atoms. The minimum absolute atomic E-state index is 0.0612. The van der Waals surface area contributed by atoms with E-state index in [1.54, 1.807) is 11.8 Å². The van der Waals surface area contributed by atoms with Gasteiger partial charge in [-0.25, -0.2) is 0 Å². The topological polar surface area (TPSA) is 57.6 Å². The summed E-state index contributed by atoms with van der Waals surface area (Å²) in [7, 11) is 0. The number of hydrogen-bond acceptors (Lipinski definition) is 2. The van der Waals surface area contributed by atoms with Crippen molar-refractivity contribution in [3.63, 3.8) is 0 Å². The highest BCUT2D eigenvalue weighted by molar-refractivity contribution is 5.79. The van der Waals surface area contributed by atoms with Crippen LogP contribution in [0.2, 0.25) is 0 Å². The molecule has 1 aliphatic rings.